The molecule has 20 heavy (non-hydrogen) atoms. The summed E-state index contributed by atoms with van der Waals surface area (Å²) < 4.78 is 0. The van der Waals surface area contributed by atoms with Crippen LogP contribution in [-0.4, -0.2) is 26.1 Å². The molecule has 2 aromatic rings. The van der Waals surface area contributed by atoms with E-state index >= 15 is 0 Å². The number of rotatable bonds is 4. The summed E-state index contributed by atoms with van der Waals surface area (Å²) in [5, 5.41) is 10.5. The molecule has 3 N–H and O–H groups in total. The highest BCUT2D eigenvalue weighted by molar-refractivity contribution is 6.05. The van der Waals surface area contributed by atoms with Gasteiger partial charge in [0.25, 0.3) is 5.91 Å². The van der Waals surface area contributed by atoms with Crippen molar-refractivity contribution in [3.05, 3.63) is 35.4 Å². The zero-order valence-corrected chi connectivity index (χ0v) is 11.4. The van der Waals surface area contributed by atoms with Gasteiger partial charge in [0.1, 0.15) is 0 Å². The van der Waals surface area contributed by atoms with Gasteiger partial charge < -0.3 is 5.73 Å². The molecule has 0 saturated heterocycles. The van der Waals surface area contributed by atoms with Gasteiger partial charge in [-0.05, 0) is 25.0 Å². The second-order valence-electron chi connectivity index (χ2n) is 4.13. The monoisotopic (exact) mass is 272 g/mol. The van der Waals surface area contributed by atoms with Gasteiger partial charge in [-0.15, -0.1) is 10.2 Å². The third-order valence-corrected chi connectivity index (χ3v) is 2.79. The fourth-order valence-electron chi connectivity index (χ4n) is 1.76. The average Bonchev–Trinajstić information content (AvgIpc) is 2.47. The smallest absolute Gasteiger partial charge is 0.278 e. The molecule has 0 saturated carbocycles. The number of carbonyl (C=O) groups excluding carboxylic acids is 1. The van der Waals surface area contributed by atoms with Crippen LogP contribution >= 0.6 is 0 Å². The zero-order valence-electron chi connectivity index (χ0n) is 11.4. The van der Waals surface area contributed by atoms with E-state index in [9.17, 15) is 4.79 Å². The minimum absolute atomic E-state index is 0.147. The molecule has 7 nitrogen and oxygen atoms in total. The number of hydrogen-bond acceptors (Lipinski definition) is 6. The number of pyridine rings is 1. The van der Waals surface area contributed by atoms with Crippen LogP contribution in [-0.2, 0) is 12.8 Å². The first kappa shape index (κ1) is 13.9. The Balaban J connectivity index is 2.22. The number of nitrogens with two attached hydrogens (primary N) is 1. The number of aryl methyl sites for hydroxylation is 2. The van der Waals surface area contributed by atoms with Gasteiger partial charge in [0, 0.05) is 6.20 Å². The number of nitrogens with zero attached hydrogens (tertiary/aromatic N) is 4. The van der Waals surface area contributed by atoms with Crippen LogP contribution in [0.5, 0.6) is 0 Å². The van der Waals surface area contributed by atoms with E-state index in [1.54, 1.807) is 12.1 Å². The van der Waals surface area contributed by atoms with E-state index in [0.717, 1.165) is 24.2 Å². The van der Waals surface area contributed by atoms with Gasteiger partial charge in [0.15, 0.2) is 5.69 Å². The normalized spacial score (nSPS) is 10.3. The van der Waals surface area contributed by atoms with Crippen molar-refractivity contribution >= 4 is 17.5 Å². The van der Waals surface area contributed by atoms with Crippen molar-refractivity contribution in [1.29, 1.82) is 0 Å². The summed E-state index contributed by atoms with van der Waals surface area (Å²) in [6, 6.07) is 3.27. The average molecular weight is 272 g/mol. The number of carbonyl (C=O) groups is 1. The van der Waals surface area contributed by atoms with E-state index < -0.39 is 5.91 Å². The van der Waals surface area contributed by atoms with Gasteiger partial charge >= 0.3 is 0 Å². The standard InChI is InChI=1S/C13H16N6O/c1-3-9-10(4-2)18-19-13(16-9)17-12(20)11-8(14)6-5-7-15-11/h5-7H,3-4,14H2,1-2H3,(H,16,17,19,20). The quantitative estimate of drug-likeness (QED) is 0.866. The van der Waals surface area contributed by atoms with Gasteiger partial charge in [0.05, 0.1) is 17.1 Å². The summed E-state index contributed by atoms with van der Waals surface area (Å²) in [6.07, 6.45) is 2.99. The van der Waals surface area contributed by atoms with Gasteiger partial charge in [-0.2, -0.15) is 0 Å². The Kier molecular flexibility index (Phi) is 4.19. The van der Waals surface area contributed by atoms with Crippen molar-refractivity contribution in [2.45, 2.75) is 26.7 Å². The van der Waals surface area contributed by atoms with E-state index in [2.05, 4.69) is 25.5 Å². The highest BCUT2D eigenvalue weighted by atomic mass is 16.2. The number of nitrogens with one attached hydrogen (secondary N) is 1. The lowest BCUT2D eigenvalue weighted by atomic mass is 10.2. The molecule has 0 radical (unpaired) electrons. The highest BCUT2D eigenvalue weighted by Crippen LogP contribution is 2.10. The summed E-state index contributed by atoms with van der Waals surface area (Å²) in [5.74, 6) is -0.287. The molecule has 0 aliphatic heterocycles. The van der Waals surface area contributed by atoms with Crippen LogP contribution in [0.15, 0.2) is 18.3 Å². The molecule has 0 fully saturated rings. The lowest BCUT2D eigenvalue weighted by molar-refractivity contribution is 0.102. The third-order valence-electron chi connectivity index (χ3n) is 2.79. The largest absolute Gasteiger partial charge is 0.397 e. The molecule has 2 aromatic heterocycles. The maximum absolute atomic E-state index is 12.0. The maximum Gasteiger partial charge on any atom is 0.278 e. The molecule has 104 valence electrons. The molecule has 1 amide bonds. The Bertz CT molecular complexity index is 628. The van der Waals surface area contributed by atoms with Crippen molar-refractivity contribution in [3.8, 4) is 0 Å². The number of aromatic nitrogens is 4. The maximum atomic E-state index is 12.0. The Hall–Kier alpha value is -2.57. The van der Waals surface area contributed by atoms with E-state index in [-0.39, 0.29) is 11.6 Å². The van der Waals surface area contributed by atoms with Crippen LogP contribution < -0.4 is 11.1 Å². The second kappa shape index (κ2) is 6.05. The molecule has 0 aliphatic rings. The Morgan fingerprint density at radius 3 is 2.65 bits per heavy atom. The first-order chi connectivity index (χ1) is 9.65. The van der Waals surface area contributed by atoms with Crippen molar-refractivity contribution in [2.75, 3.05) is 11.1 Å². The molecule has 2 heterocycles. The van der Waals surface area contributed by atoms with E-state index in [1.165, 1.54) is 6.20 Å². The molecule has 2 rings (SSSR count). The van der Waals surface area contributed by atoms with Crippen LogP contribution in [0.25, 0.3) is 0 Å². The lowest BCUT2D eigenvalue weighted by Gasteiger charge is -2.07. The van der Waals surface area contributed by atoms with Gasteiger partial charge in [0.2, 0.25) is 5.95 Å². The fraction of sp³-hybridized carbons (Fsp3) is 0.308. The van der Waals surface area contributed by atoms with Gasteiger partial charge in [-0.1, -0.05) is 13.8 Å². The van der Waals surface area contributed by atoms with Crippen molar-refractivity contribution in [1.82, 2.24) is 20.2 Å². The predicted molar refractivity (Wildman–Crippen MR) is 75.2 cm³/mol. The Morgan fingerprint density at radius 1 is 1.25 bits per heavy atom. The van der Waals surface area contributed by atoms with E-state index in [1.807, 2.05) is 13.8 Å². The predicted octanol–water partition coefficient (Wildman–Crippen LogP) is 1.23. The number of anilines is 2. The Morgan fingerprint density at radius 2 is 2.00 bits per heavy atom. The minimum atomic E-state index is -0.448. The van der Waals surface area contributed by atoms with Crippen molar-refractivity contribution < 1.29 is 4.79 Å². The fourth-order valence-corrected chi connectivity index (χ4v) is 1.76. The number of amides is 1. The zero-order chi connectivity index (χ0) is 14.5. The molecular weight excluding hydrogens is 256 g/mol. The van der Waals surface area contributed by atoms with Gasteiger partial charge in [-0.3, -0.25) is 10.1 Å². The molecule has 0 aliphatic carbocycles. The van der Waals surface area contributed by atoms with Crippen LogP contribution in [0.3, 0.4) is 0 Å². The number of hydrogen-bond donors (Lipinski definition) is 2. The molecule has 0 atom stereocenters. The van der Waals surface area contributed by atoms with Crippen LogP contribution in [0.1, 0.15) is 35.7 Å². The van der Waals surface area contributed by atoms with Crippen molar-refractivity contribution in [3.63, 3.8) is 0 Å². The molecule has 0 aromatic carbocycles. The summed E-state index contributed by atoms with van der Waals surface area (Å²) >= 11 is 0. The second-order valence-corrected chi connectivity index (χ2v) is 4.13. The summed E-state index contributed by atoms with van der Waals surface area (Å²) in [4.78, 5) is 20.2. The third kappa shape index (κ3) is 2.87. The van der Waals surface area contributed by atoms with Crippen LogP contribution in [0, 0.1) is 0 Å². The summed E-state index contributed by atoms with van der Waals surface area (Å²) in [5.41, 5.74) is 7.81. The first-order valence-corrected chi connectivity index (χ1v) is 6.40. The van der Waals surface area contributed by atoms with E-state index in [0.29, 0.717) is 5.69 Å². The number of nitrogen functional groups attached to an aromatic ring is 1. The van der Waals surface area contributed by atoms with Crippen molar-refractivity contribution in [2.24, 2.45) is 0 Å². The topological polar surface area (TPSA) is 107 Å². The molecule has 0 unspecified atom stereocenters. The Labute approximate surface area is 116 Å². The lowest BCUT2D eigenvalue weighted by Crippen LogP contribution is -2.19. The highest BCUT2D eigenvalue weighted by Gasteiger charge is 2.14. The minimum Gasteiger partial charge on any atom is -0.397 e. The molecule has 0 bridgehead atoms. The first-order valence-electron chi connectivity index (χ1n) is 6.40. The molecular formula is C13H16N6O. The summed E-state index contributed by atoms with van der Waals surface area (Å²) in [6.45, 7) is 3.96. The van der Waals surface area contributed by atoms with Crippen LogP contribution in [0.2, 0.25) is 0 Å². The summed E-state index contributed by atoms with van der Waals surface area (Å²) in [7, 11) is 0. The van der Waals surface area contributed by atoms with Gasteiger partial charge in [-0.25, -0.2) is 9.97 Å². The van der Waals surface area contributed by atoms with E-state index in [4.69, 9.17) is 5.73 Å². The molecule has 0 spiro atoms. The SMILES string of the molecule is CCc1nnc(NC(=O)c2ncccc2N)nc1CC. The molecule has 7 heteroatoms. The van der Waals surface area contributed by atoms with Crippen LogP contribution in [0.4, 0.5) is 11.6 Å².